The SMILES string of the molecule is C=CC(=O)OCc1cc(-c2ccc(-c3ccc(CCCCC)cc3)cc2CC)ccc1-c1ccc(CO)cc1. The van der Waals surface area contributed by atoms with Gasteiger partial charge in [-0.1, -0.05) is 112 Å². The molecule has 0 spiro atoms. The smallest absolute Gasteiger partial charge is 0.330 e. The Morgan fingerprint density at radius 1 is 0.744 bits per heavy atom. The highest BCUT2D eigenvalue weighted by atomic mass is 16.5. The first-order valence-corrected chi connectivity index (χ1v) is 13.9. The largest absolute Gasteiger partial charge is 0.458 e. The number of aliphatic hydroxyl groups excluding tert-OH is 1. The highest BCUT2D eigenvalue weighted by Gasteiger charge is 2.13. The summed E-state index contributed by atoms with van der Waals surface area (Å²) in [5.74, 6) is -0.447. The maximum Gasteiger partial charge on any atom is 0.330 e. The fraction of sp³-hybridized carbons (Fsp3) is 0.250. The average Bonchev–Trinajstić information content (AvgIpc) is 3.00. The number of hydrogen-bond acceptors (Lipinski definition) is 3. The first-order chi connectivity index (χ1) is 19.1. The van der Waals surface area contributed by atoms with Crippen LogP contribution in [0, 0.1) is 0 Å². The Hall–Kier alpha value is -3.95. The number of ether oxygens (including phenoxy) is 1. The van der Waals surface area contributed by atoms with Gasteiger partial charge in [0, 0.05) is 6.08 Å². The van der Waals surface area contributed by atoms with Crippen molar-refractivity contribution in [3.63, 3.8) is 0 Å². The van der Waals surface area contributed by atoms with Crippen LogP contribution < -0.4 is 0 Å². The van der Waals surface area contributed by atoms with Crippen LogP contribution in [0.25, 0.3) is 33.4 Å². The lowest BCUT2D eigenvalue weighted by molar-refractivity contribution is -0.138. The molecule has 1 N–H and O–H groups in total. The number of aryl methyl sites for hydroxylation is 2. The molecule has 200 valence electrons. The van der Waals surface area contributed by atoms with Crippen molar-refractivity contribution < 1.29 is 14.6 Å². The second-order valence-corrected chi connectivity index (χ2v) is 9.92. The third kappa shape index (κ3) is 7.13. The fourth-order valence-electron chi connectivity index (χ4n) is 4.95. The van der Waals surface area contributed by atoms with Crippen molar-refractivity contribution in [2.75, 3.05) is 0 Å². The van der Waals surface area contributed by atoms with Crippen LogP contribution in [0.15, 0.2) is 97.6 Å². The van der Waals surface area contributed by atoms with Gasteiger partial charge in [0.1, 0.15) is 6.61 Å². The summed E-state index contributed by atoms with van der Waals surface area (Å²) >= 11 is 0. The van der Waals surface area contributed by atoms with Crippen molar-refractivity contribution in [2.45, 2.75) is 59.2 Å². The van der Waals surface area contributed by atoms with Crippen LogP contribution in [-0.4, -0.2) is 11.1 Å². The van der Waals surface area contributed by atoms with Crippen molar-refractivity contribution in [1.82, 2.24) is 0 Å². The standard InChI is InChI=1S/C36H38O3/c1-4-7-8-9-26-10-14-29(15-11-26)31-18-20-34(28(5-2)22-31)32-19-21-35(30-16-12-27(24-37)13-17-30)33(23-32)25-39-36(38)6-3/h6,10-23,37H,3-5,7-9,24-25H2,1-2H3. The van der Waals surface area contributed by atoms with E-state index in [1.807, 2.05) is 24.3 Å². The third-order valence-electron chi connectivity index (χ3n) is 7.24. The molecular formula is C36H38O3. The van der Waals surface area contributed by atoms with Gasteiger partial charge in [0.15, 0.2) is 0 Å². The zero-order valence-corrected chi connectivity index (χ0v) is 23.1. The highest BCUT2D eigenvalue weighted by molar-refractivity contribution is 5.82. The van der Waals surface area contributed by atoms with E-state index in [1.54, 1.807) is 0 Å². The molecular weight excluding hydrogens is 480 g/mol. The number of rotatable bonds is 12. The fourth-order valence-corrected chi connectivity index (χ4v) is 4.95. The molecule has 0 fully saturated rings. The van der Waals surface area contributed by atoms with E-state index < -0.39 is 5.97 Å². The molecule has 0 bridgehead atoms. The molecule has 0 aromatic heterocycles. The summed E-state index contributed by atoms with van der Waals surface area (Å²) in [5, 5.41) is 9.42. The van der Waals surface area contributed by atoms with Gasteiger partial charge in [0.25, 0.3) is 0 Å². The first-order valence-electron chi connectivity index (χ1n) is 13.9. The molecule has 0 unspecified atom stereocenters. The Kier molecular flexibility index (Phi) is 9.88. The van der Waals surface area contributed by atoms with Crippen LogP contribution in [0.1, 0.15) is 55.4 Å². The minimum Gasteiger partial charge on any atom is -0.458 e. The molecule has 39 heavy (non-hydrogen) atoms. The van der Waals surface area contributed by atoms with Crippen LogP contribution in [0.3, 0.4) is 0 Å². The monoisotopic (exact) mass is 518 g/mol. The molecule has 0 atom stereocenters. The minimum atomic E-state index is -0.447. The molecule has 4 aromatic rings. The molecule has 0 saturated carbocycles. The van der Waals surface area contributed by atoms with E-state index in [0.717, 1.165) is 40.7 Å². The van der Waals surface area contributed by atoms with Crippen LogP contribution >= 0.6 is 0 Å². The summed E-state index contributed by atoms with van der Waals surface area (Å²) in [6, 6.07) is 29.8. The number of hydrogen-bond donors (Lipinski definition) is 1. The molecule has 4 rings (SSSR count). The van der Waals surface area contributed by atoms with Gasteiger partial charge in [0.05, 0.1) is 6.61 Å². The van der Waals surface area contributed by atoms with Crippen LogP contribution in [0.4, 0.5) is 0 Å². The van der Waals surface area contributed by atoms with Crippen molar-refractivity contribution in [3.05, 3.63) is 120 Å². The molecule has 3 heteroatoms. The lowest BCUT2D eigenvalue weighted by atomic mass is 9.90. The molecule has 0 aliphatic rings. The number of unbranched alkanes of at least 4 members (excludes halogenated alkanes) is 2. The maximum atomic E-state index is 11.9. The second-order valence-electron chi connectivity index (χ2n) is 9.92. The maximum absolute atomic E-state index is 11.9. The lowest BCUT2D eigenvalue weighted by Crippen LogP contribution is -2.02. The highest BCUT2D eigenvalue weighted by Crippen LogP contribution is 2.34. The van der Waals surface area contributed by atoms with E-state index in [4.69, 9.17) is 4.74 Å². The Morgan fingerprint density at radius 3 is 1.97 bits per heavy atom. The van der Waals surface area contributed by atoms with Gasteiger partial charge in [-0.15, -0.1) is 0 Å². The van der Waals surface area contributed by atoms with Crippen molar-refractivity contribution in [2.24, 2.45) is 0 Å². The van der Waals surface area contributed by atoms with E-state index in [2.05, 4.69) is 81.1 Å². The van der Waals surface area contributed by atoms with Crippen LogP contribution in [0.2, 0.25) is 0 Å². The van der Waals surface area contributed by atoms with Gasteiger partial charge in [-0.05, 0) is 81.0 Å². The Balaban J connectivity index is 1.66. The Morgan fingerprint density at radius 2 is 1.33 bits per heavy atom. The molecule has 0 amide bonds. The third-order valence-corrected chi connectivity index (χ3v) is 7.24. The molecule has 0 heterocycles. The summed E-state index contributed by atoms with van der Waals surface area (Å²) in [4.78, 5) is 11.9. The zero-order chi connectivity index (χ0) is 27.6. The van der Waals surface area contributed by atoms with Crippen LogP contribution in [-0.2, 0) is 35.6 Å². The predicted octanol–water partition coefficient (Wildman–Crippen LogP) is 8.70. The number of aliphatic hydroxyl groups is 1. The predicted molar refractivity (Wildman–Crippen MR) is 161 cm³/mol. The van der Waals surface area contributed by atoms with Gasteiger partial charge in [-0.3, -0.25) is 0 Å². The zero-order valence-electron chi connectivity index (χ0n) is 23.1. The Bertz CT molecular complexity index is 1400. The van der Waals surface area contributed by atoms with Gasteiger partial charge in [0.2, 0.25) is 0 Å². The molecule has 0 radical (unpaired) electrons. The van der Waals surface area contributed by atoms with Crippen molar-refractivity contribution in [3.8, 4) is 33.4 Å². The number of benzene rings is 4. The summed E-state index contributed by atoms with van der Waals surface area (Å²) < 4.78 is 5.45. The molecule has 0 aliphatic heterocycles. The van der Waals surface area contributed by atoms with Crippen molar-refractivity contribution >= 4 is 5.97 Å². The number of carbonyl (C=O) groups excluding carboxylic acids is 1. The average molecular weight is 519 g/mol. The van der Waals surface area contributed by atoms with E-state index >= 15 is 0 Å². The molecule has 4 aromatic carbocycles. The summed E-state index contributed by atoms with van der Waals surface area (Å²) in [5.41, 5.74) is 11.2. The normalized spacial score (nSPS) is 10.8. The summed E-state index contributed by atoms with van der Waals surface area (Å²) in [7, 11) is 0. The molecule has 3 nitrogen and oxygen atoms in total. The minimum absolute atomic E-state index is 0.00190. The van der Waals surface area contributed by atoms with E-state index in [-0.39, 0.29) is 13.2 Å². The van der Waals surface area contributed by atoms with Gasteiger partial charge < -0.3 is 9.84 Å². The van der Waals surface area contributed by atoms with Crippen LogP contribution in [0.5, 0.6) is 0 Å². The first kappa shape index (κ1) is 28.1. The van der Waals surface area contributed by atoms with Crippen molar-refractivity contribution in [1.29, 1.82) is 0 Å². The topological polar surface area (TPSA) is 46.5 Å². The molecule has 0 saturated heterocycles. The van der Waals surface area contributed by atoms with E-state index in [1.165, 1.54) is 53.2 Å². The number of esters is 1. The molecule has 0 aliphatic carbocycles. The Labute approximate surface area is 232 Å². The van der Waals surface area contributed by atoms with E-state index in [0.29, 0.717) is 0 Å². The lowest BCUT2D eigenvalue weighted by Gasteiger charge is -2.16. The number of carbonyl (C=O) groups is 1. The summed E-state index contributed by atoms with van der Waals surface area (Å²) in [6.07, 6.45) is 6.99. The second kappa shape index (κ2) is 13.7. The van der Waals surface area contributed by atoms with E-state index in [9.17, 15) is 9.90 Å². The summed E-state index contributed by atoms with van der Waals surface area (Å²) in [6.45, 7) is 8.09. The van der Waals surface area contributed by atoms with Gasteiger partial charge >= 0.3 is 5.97 Å². The van der Waals surface area contributed by atoms with Gasteiger partial charge in [-0.25, -0.2) is 4.79 Å². The quantitative estimate of drug-likeness (QED) is 0.116. The van der Waals surface area contributed by atoms with Gasteiger partial charge in [-0.2, -0.15) is 0 Å².